The molecule has 0 saturated heterocycles. The number of rotatable bonds is 5. The van der Waals surface area contributed by atoms with Crippen LogP contribution in [0, 0.1) is 0 Å². The second kappa shape index (κ2) is 11.6. The monoisotopic (exact) mass is 682 g/mol. The van der Waals surface area contributed by atoms with Crippen LogP contribution in [-0.4, -0.2) is 19.9 Å². The Hall–Kier alpha value is -7.38. The topological polar surface area (TPSA) is 91.0 Å². The van der Waals surface area contributed by atoms with E-state index in [4.69, 9.17) is 33.2 Å². The molecule has 53 heavy (non-hydrogen) atoms. The molecule has 0 bridgehead atoms. The van der Waals surface area contributed by atoms with Gasteiger partial charge >= 0.3 is 0 Å². The molecule has 11 aromatic rings. The molecular formula is C46H26N4O3. The van der Waals surface area contributed by atoms with Crippen molar-refractivity contribution in [3.63, 3.8) is 0 Å². The van der Waals surface area contributed by atoms with Gasteiger partial charge in [-0.3, -0.25) is 0 Å². The molecule has 7 aromatic carbocycles. The molecule has 0 fully saturated rings. The minimum Gasteiger partial charge on any atom is -0.456 e. The number of furan rings is 2. The number of hydrogen-bond acceptors (Lipinski definition) is 7. The van der Waals surface area contributed by atoms with Crippen molar-refractivity contribution in [1.29, 1.82) is 0 Å². The van der Waals surface area contributed by atoms with E-state index in [-0.39, 0.29) is 0 Å². The van der Waals surface area contributed by atoms with E-state index in [1.165, 1.54) is 0 Å². The van der Waals surface area contributed by atoms with Crippen molar-refractivity contribution >= 4 is 55.0 Å². The van der Waals surface area contributed by atoms with Crippen LogP contribution in [0.15, 0.2) is 171 Å². The smallest absolute Gasteiger partial charge is 0.227 e. The average molecular weight is 683 g/mol. The SMILES string of the molecule is c1ccc(-c2nc(-c3ccc(-c4c5nc(-c6ccccc6)oc5cc5oc6ccccc6c45)cc3)nc(-c3cccc4oc5ccccc5c34)n2)cc1. The summed E-state index contributed by atoms with van der Waals surface area (Å²) in [5.74, 6) is 2.28. The van der Waals surface area contributed by atoms with Crippen molar-refractivity contribution in [2.75, 3.05) is 0 Å². The fourth-order valence-electron chi connectivity index (χ4n) is 7.34. The summed E-state index contributed by atoms with van der Waals surface area (Å²) in [5.41, 5.74) is 10.0. The highest BCUT2D eigenvalue weighted by Gasteiger charge is 2.22. The van der Waals surface area contributed by atoms with Gasteiger partial charge in [0.2, 0.25) is 5.89 Å². The second-order valence-electron chi connectivity index (χ2n) is 13.0. The van der Waals surface area contributed by atoms with Crippen molar-refractivity contribution < 1.29 is 13.3 Å². The molecular weight excluding hydrogens is 657 g/mol. The molecule has 4 heterocycles. The molecule has 0 aliphatic carbocycles. The first-order chi connectivity index (χ1) is 26.2. The van der Waals surface area contributed by atoms with Gasteiger partial charge in [-0.2, -0.15) is 0 Å². The van der Waals surface area contributed by atoms with E-state index in [0.29, 0.717) is 28.9 Å². The Kier molecular flexibility index (Phi) is 6.42. The lowest BCUT2D eigenvalue weighted by Crippen LogP contribution is -2.00. The van der Waals surface area contributed by atoms with Gasteiger partial charge in [-0.05, 0) is 35.9 Å². The molecule has 0 spiro atoms. The lowest BCUT2D eigenvalue weighted by atomic mass is 9.97. The standard InChI is InChI=1S/C46H26N4O3/c1-3-12-28(13-4-1)43-48-44(50-45(49-43)33-18-11-21-36-40(33)31-16-7-9-19-34(31)51-36)29-24-22-27(23-25-29)39-41-32-17-8-10-20-35(32)52-37(41)26-38-42(39)47-46(53-38)30-14-5-2-6-15-30/h1-26H. The van der Waals surface area contributed by atoms with Crippen molar-refractivity contribution in [1.82, 2.24) is 19.9 Å². The number of para-hydroxylation sites is 2. The molecule has 0 aliphatic rings. The normalized spacial score (nSPS) is 11.8. The summed E-state index contributed by atoms with van der Waals surface area (Å²) in [7, 11) is 0. The molecule has 0 saturated carbocycles. The Morgan fingerprint density at radius 1 is 0.340 bits per heavy atom. The Balaban J connectivity index is 1.10. The first-order valence-electron chi connectivity index (χ1n) is 17.4. The maximum atomic E-state index is 6.37. The number of benzene rings is 7. The Bertz CT molecular complexity index is 3160. The summed E-state index contributed by atoms with van der Waals surface area (Å²) in [4.78, 5) is 20.2. The molecule has 0 unspecified atom stereocenters. The highest BCUT2D eigenvalue weighted by molar-refractivity contribution is 6.19. The van der Waals surface area contributed by atoms with Gasteiger partial charge < -0.3 is 13.3 Å². The lowest BCUT2D eigenvalue weighted by Gasteiger charge is -2.10. The summed E-state index contributed by atoms with van der Waals surface area (Å²) in [6.45, 7) is 0. The number of oxazole rings is 1. The molecule has 0 amide bonds. The minimum absolute atomic E-state index is 0.557. The predicted molar refractivity (Wildman–Crippen MR) is 209 cm³/mol. The summed E-state index contributed by atoms with van der Waals surface area (Å²) in [5, 5.41) is 3.99. The van der Waals surface area contributed by atoms with E-state index >= 15 is 0 Å². The van der Waals surface area contributed by atoms with Gasteiger partial charge in [0.1, 0.15) is 27.8 Å². The zero-order valence-corrected chi connectivity index (χ0v) is 28.0. The Labute approximate surface area is 301 Å². The Morgan fingerprint density at radius 2 is 0.887 bits per heavy atom. The quantitative estimate of drug-likeness (QED) is 0.178. The highest BCUT2D eigenvalue weighted by atomic mass is 16.4. The van der Waals surface area contributed by atoms with E-state index in [1.807, 2.05) is 121 Å². The predicted octanol–water partition coefficient (Wildman–Crippen LogP) is 12.1. The molecule has 0 N–H and O–H groups in total. The van der Waals surface area contributed by atoms with Crippen molar-refractivity contribution in [3.8, 4) is 56.7 Å². The molecule has 0 atom stereocenters. The first-order valence-corrected chi connectivity index (χ1v) is 17.4. The third-order valence-electron chi connectivity index (χ3n) is 9.79. The van der Waals surface area contributed by atoms with Crippen LogP contribution < -0.4 is 0 Å². The first kappa shape index (κ1) is 29.4. The van der Waals surface area contributed by atoms with Crippen LogP contribution in [0.5, 0.6) is 0 Å². The number of nitrogens with zero attached hydrogens (tertiary/aromatic N) is 4. The summed E-state index contributed by atoms with van der Waals surface area (Å²) in [6, 6.07) is 52.4. The summed E-state index contributed by atoms with van der Waals surface area (Å²) in [6.07, 6.45) is 0. The van der Waals surface area contributed by atoms with Crippen molar-refractivity contribution in [2.45, 2.75) is 0 Å². The largest absolute Gasteiger partial charge is 0.456 e. The van der Waals surface area contributed by atoms with E-state index in [1.54, 1.807) is 0 Å². The summed E-state index contributed by atoms with van der Waals surface area (Å²) >= 11 is 0. The van der Waals surface area contributed by atoms with Gasteiger partial charge in [-0.1, -0.05) is 121 Å². The maximum Gasteiger partial charge on any atom is 0.227 e. The third kappa shape index (κ3) is 4.75. The van der Waals surface area contributed by atoms with Gasteiger partial charge in [0, 0.05) is 55.4 Å². The van der Waals surface area contributed by atoms with Crippen LogP contribution in [-0.2, 0) is 0 Å². The highest BCUT2D eigenvalue weighted by Crippen LogP contribution is 2.43. The van der Waals surface area contributed by atoms with Gasteiger partial charge in [-0.15, -0.1) is 0 Å². The number of aromatic nitrogens is 4. The van der Waals surface area contributed by atoms with Gasteiger partial charge in [0.15, 0.2) is 23.1 Å². The van der Waals surface area contributed by atoms with Gasteiger partial charge in [0.25, 0.3) is 0 Å². The lowest BCUT2D eigenvalue weighted by molar-refractivity contribution is 0.617. The van der Waals surface area contributed by atoms with Crippen LogP contribution in [0.1, 0.15) is 0 Å². The average Bonchev–Trinajstić information content (AvgIpc) is 3.94. The number of hydrogen-bond donors (Lipinski definition) is 0. The molecule has 248 valence electrons. The molecule has 7 heteroatoms. The van der Waals surface area contributed by atoms with E-state index in [9.17, 15) is 0 Å². The fourth-order valence-corrected chi connectivity index (χ4v) is 7.34. The van der Waals surface area contributed by atoms with Crippen LogP contribution in [0.4, 0.5) is 0 Å². The fraction of sp³-hybridized carbons (Fsp3) is 0. The van der Waals surface area contributed by atoms with E-state index in [0.717, 1.165) is 82.8 Å². The van der Waals surface area contributed by atoms with Crippen molar-refractivity contribution in [3.05, 3.63) is 158 Å². The van der Waals surface area contributed by atoms with E-state index < -0.39 is 0 Å². The van der Waals surface area contributed by atoms with Crippen LogP contribution in [0.25, 0.3) is 112 Å². The zero-order valence-electron chi connectivity index (χ0n) is 28.0. The van der Waals surface area contributed by atoms with Gasteiger partial charge in [0.05, 0.1) is 0 Å². The van der Waals surface area contributed by atoms with Crippen LogP contribution in [0.3, 0.4) is 0 Å². The molecule has 0 aliphatic heterocycles. The molecule has 0 radical (unpaired) electrons. The van der Waals surface area contributed by atoms with Crippen LogP contribution in [0.2, 0.25) is 0 Å². The molecule has 4 aromatic heterocycles. The second-order valence-corrected chi connectivity index (χ2v) is 13.0. The minimum atomic E-state index is 0.557. The van der Waals surface area contributed by atoms with E-state index in [2.05, 4.69) is 36.4 Å². The maximum absolute atomic E-state index is 6.37. The molecule has 7 nitrogen and oxygen atoms in total. The summed E-state index contributed by atoms with van der Waals surface area (Å²) < 4.78 is 19.0. The Morgan fingerprint density at radius 3 is 1.60 bits per heavy atom. The number of fused-ring (bicyclic) bond motifs is 7. The van der Waals surface area contributed by atoms with Gasteiger partial charge in [-0.25, -0.2) is 19.9 Å². The zero-order chi connectivity index (χ0) is 34.9. The third-order valence-corrected chi connectivity index (χ3v) is 9.79. The van der Waals surface area contributed by atoms with Crippen molar-refractivity contribution in [2.24, 2.45) is 0 Å². The molecule has 11 rings (SSSR count). The van der Waals surface area contributed by atoms with Crippen LogP contribution >= 0.6 is 0 Å².